The van der Waals surface area contributed by atoms with E-state index in [-0.39, 0.29) is 24.3 Å². The standard InChI is InChI=1S/C21H18N4O2.ClH/c1-13-9-16(11-22-10-13)25-21(27)24-15-7-5-14(6-8-15)17-3-2-4-18-19(17)12-23-20(18)26;/h2-11H,12H2,1H3,(H,23,26)(H2,24,25,27);1H. The van der Waals surface area contributed by atoms with Gasteiger partial charge in [0, 0.05) is 24.0 Å². The summed E-state index contributed by atoms with van der Waals surface area (Å²) in [6.07, 6.45) is 3.33. The van der Waals surface area contributed by atoms with Crippen LogP contribution in [0.3, 0.4) is 0 Å². The van der Waals surface area contributed by atoms with Crippen LogP contribution >= 0.6 is 12.4 Å². The zero-order valence-electron chi connectivity index (χ0n) is 15.2. The molecule has 0 fully saturated rings. The topological polar surface area (TPSA) is 83.1 Å². The highest BCUT2D eigenvalue weighted by atomic mass is 35.5. The summed E-state index contributed by atoms with van der Waals surface area (Å²) in [5, 5.41) is 8.41. The van der Waals surface area contributed by atoms with Crippen molar-refractivity contribution >= 4 is 35.7 Å². The molecule has 0 saturated heterocycles. The summed E-state index contributed by atoms with van der Waals surface area (Å²) in [5.41, 5.74) is 6.04. The molecule has 0 unspecified atom stereocenters. The molecule has 1 aliphatic rings. The summed E-state index contributed by atoms with van der Waals surface area (Å²) < 4.78 is 0. The summed E-state index contributed by atoms with van der Waals surface area (Å²) in [6, 6.07) is 14.8. The van der Waals surface area contributed by atoms with E-state index in [1.807, 2.05) is 55.5 Å². The molecule has 0 aliphatic carbocycles. The van der Waals surface area contributed by atoms with Gasteiger partial charge in [0.25, 0.3) is 5.91 Å². The van der Waals surface area contributed by atoms with Crippen LogP contribution in [0.1, 0.15) is 21.5 Å². The minimum absolute atomic E-state index is 0. The highest BCUT2D eigenvalue weighted by molar-refractivity contribution is 6.01. The second-order valence-electron chi connectivity index (χ2n) is 6.42. The molecule has 4 rings (SSSR count). The van der Waals surface area contributed by atoms with Crippen molar-refractivity contribution in [1.82, 2.24) is 10.3 Å². The zero-order chi connectivity index (χ0) is 18.8. The Morgan fingerprint density at radius 2 is 1.71 bits per heavy atom. The second kappa shape index (κ2) is 8.10. The average Bonchev–Trinajstić information content (AvgIpc) is 3.04. The van der Waals surface area contributed by atoms with Crippen molar-refractivity contribution in [3.8, 4) is 11.1 Å². The molecule has 6 nitrogen and oxygen atoms in total. The van der Waals surface area contributed by atoms with Gasteiger partial charge in [-0.1, -0.05) is 24.3 Å². The van der Waals surface area contributed by atoms with Crippen LogP contribution in [0.4, 0.5) is 16.2 Å². The van der Waals surface area contributed by atoms with E-state index in [9.17, 15) is 9.59 Å². The number of fused-ring (bicyclic) bond motifs is 1. The number of carbonyl (C=O) groups is 2. The number of hydrogen-bond acceptors (Lipinski definition) is 3. The number of nitrogens with one attached hydrogen (secondary N) is 3. The molecule has 28 heavy (non-hydrogen) atoms. The van der Waals surface area contributed by atoms with E-state index in [4.69, 9.17) is 0 Å². The van der Waals surface area contributed by atoms with Gasteiger partial charge < -0.3 is 16.0 Å². The van der Waals surface area contributed by atoms with Gasteiger partial charge in [0.15, 0.2) is 0 Å². The smallest absolute Gasteiger partial charge is 0.323 e. The van der Waals surface area contributed by atoms with Crippen LogP contribution < -0.4 is 16.0 Å². The third-order valence-electron chi connectivity index (χ3n) is 4.43. The van der Waals surface area contributed by atoms with Crippen molar-refractivity contribution in [2.45, 2.75) is 13.5 Å². The lowest BCUT2D eigenvalue weighted by atomic mass is 9.97. The maximum absolute atomic E-state index is 12.1. The SMILES string of the molecule is Cc1cncc(NC(=O)Nc2ccc(-c3cccc4c3CNC4=O)cc2)c1.Cl. The number of benzene rings is 2. The molecule has 3 N–H and O–H groups in total. The fourth-order valence-electron chi connectivity index (χ4n) is 3.17. The van der Waals surface area contributed by atoms with Crippen LogP contribution in [0.25, 0.3) is 11.1 Å². The molecule has 0 atom stereocenters. The Kier molecular flexibility index (Phi) is 5.61. The number of anilines is 2. The summed E-state index contributed by atoms with van der Waals surface area (Å²) in [6.45, 7) is 2.45. The minimum atomic E-state index is -0.328. The van der Waals surface area contributed by atoms with E-state index in [1.54, 1.807) is 12.4 Å². The van der Waals surface area contributed by atoms with Gasteiger partial charge in [0.05, 0.1) is 11.9 Å². The molecule has 2 aromatic carbocycles. The molecule has 3 amide bonds. The minimum Gasteiger partial charge on any atom is -0.348 e. The maximum atomic E-state index is 12.1. The molecule has 1 aliphatic heterocycles. The average molecular weight is 395 g/mol. The first-order valence-corrected chi connectivity index (χ1v) is 8.60. The maximum Gasteiger partial charge on any atom is 0.323 e. The first-order valence-electron chi connectivity index (χ1n) is 8.60. The number of hydrogen-bond donors (Lipinski definition) is 3. The van der Waals surface area contributed by atoms with Gasteiger partial charge in [-0.05, 0) is 53.4 Å². The number of amides is 3. The molecule has 142 valence electrons. The summed E-state index contributed by atoms with van der Waals surface area (Å²) in [5.74, 6) is -0.0348. The van der Waals surface area contributed by atoms with Gasteiger partial charge >= 0.3 is 6.03 Å². The van der Waals surface area contributed by atoms with Crippen molar-refractivity contribution in [2.75, 3.05) is 10.6 Å². The first-order chi connectivity index (χ1) is 13.1. The predicted molar refractivity (Wildman–Crippen MR) is 112 cm³/mol. The molecule has 1 aromatic heterocycles. The van der Waals surface area contributed by atoms with Crippen LogP contribution in [-0.4, -0.2) is 16.9 Å². The molecule has 7 heteroatoms. The molecular formula is C21H19ClN4O2. The van der Waals surface area contributed by atoms with Crippen LogP contribution in [0.5, 0.6) is 0 Å². The van der Waals surface area contributed by atoms with Crippen molar-refractivity contribution in [3.05, 3.63) is 77.6 Å². The molecule has 0 radical (unpaired) electrons. The number of urea groups is 1. The molecule has 2 heterocycles. The summed E-state index contributed by atoms with van der Waals surface area (Å²) in [4.78, 5) is 28.0. The van der Waals surface area contributed by atoms with E-state index < -0.39 is 0 Å². The van der Waals surface area contributed by atoms with Gasteiger partial charge in [-0.3, -0.25) is 9.78 Å². The van der Waals surface area contributed by atoms with Crippen molar-refractivity contribution in [3.63, 3.8) is 0 Å². The number of pyridine rings is 1. The highest BCUT2D eigenvalue weighted by Gasteiger charge is 2.21. The Labute approximate surface area is 168 Å². The Bertz CT molecular complexity index is 1030. The fourth-order valence-corrected chi connectivity index (χ4v) is 3.17. The number of carbonyl (C=O) groups excluding carboxylic acids is 2. The van der Waals surface area contributed by atoms with Gasteiger partial charge in [0.1, 0.15) is 0 Å². The summed E-state index contributed by atoms with van der Waals surface area (Å²) in [7, 11) is 0. The lowest BCUT2D eigenvalue weighted by Gasteiger charge is -2.10. The monoisotopic (exact) mass is 394 g/mol. The summed E-state index contributed by atoms with van der Waals surface area (Å²) >= 11 is 0. The largest absolute Gasteiger partial charge is 0.348 e. The number of rotatable bonds is 3. The van der Waals surface area contributed by atoms with E-state index >= 15 is 0 Å². The lowest BCUT2D eigenvalue weighted by molar-refractivity contribution is 0.0965. The fraction of sp³-hybridized carbons (Fsp3) is 0.0952. The van der Waals surface area contributed by atoms with E-state index in [0.29, 0.717) is 17.9 Å². The van der Waals surface area contributed by atoms with Crippen molar-refractivity contribution in [1.29, 1.82) is 0 Å². The number of aromatic nitrogens is 1. The molecule has 0 bridgehead atoms. The van der Waals surface area contributed by atoms with Gasteiger partial charge in [-0.15, -0.1) is 12.4 Å². The lowest BCUT2D eigenvalue weighted by Crippen LogP contribution is -2.19. The van der Waals surface area contributed by atoms with Crippen LogP contribution in [0.15, 0.2) is 60.9 Å². The van der Waals surface area contributed by atoms with Gasteiger partial charge in [0.2, 0.25) is 0 Å². The second-order valence-corrected chi connectivity index (χ2v) is 6.42. The van der Waals surface area contributed by atoms with Crippen LogP contribution in [-0.2, 0) is 6.54 Å². The zero-order valence-corrected chi connectivity index (χ0v) is 16.0. The van der Waals surface area contributed by atoms with E-state index in [1.165, 1.54) is 0 Å². The van der Waals surface area contributed by atoms with Gasteiger partial charge in [-0.25, -0.2) is 4.79 Å². The Balaban J connectivity index is 0.00000225. The normalized spacial score (nSPS) is 11.8. The van der Waals surface area contributed by atoms with Crippen molar-refractivity contribution in [2.24, 2.45) is 0 Å². The number of aryl methyl sites for hydroxylation is 1. The molecular weight excluding hydrogens is 376 g/mol. The molecule has 0 spiro atoms. The van der Waals surface area contributed by atoms with Gasteiger partial charge in [-0.2, -0.15) is 0 Å². The Hall–Kier alpha value is -3.38. The third-order valence-corrected chi connectivity index (χ3v) is 4.43. The number of nitrogens with zero attached hydrogens (tertiary/aromatic N) is 1. The Morgan fingerprint density at radius 3 is 2.46 bits per heavy atom. The van der Waals surface area contributed by atoms with E-state index in [0.717, 1.165) is 27.8 Å². The Morgan fingerprint density at radius 1 is 1.00 bits per heavy atom. The molecule has 3 aromatic rings. The third kappa shape index (κ3) is 3.97. The van der Waals surface area contributed by atoms with Crippen molar-refractivity contribution < 1.29 is 9.59 Å². The first kappa shape index (κ1) is 19.4. The predicted octanol–water partition coefficient (Wildman–Crippen LogP) is 4.37. The van der Waals surface area contributed by atoms with Crippen LogP contribution in [0, 0.1) is 6.92 Å². The van der Waals surface area contributed by atoms with Crippen LogP contribution in [0.2, 0.25) is 0 Å². The quantitative estimate of drug-likeness (QED) is 0.617. The van der Waals surface area contributed by atoms with E-state index in [2.05, 4.69) is 20.9 Å². The molecule has 0 saturated carbocycles. The highest BCUT2D eigenvalue weighted by Crippen LogP contribution is 2.30. The number of halogens is 1.